The predicted octanol–water partition coefficient (Wildman–Crippen LogP) is 2.10. The summed E-state index contributed by atoms with van der Waals surface area (Å²) in [6, 6.07) is 9.18. The fourth-order valence-electron chi connectivity index (χ4n) is 3.90. The van der Waals surface area contributed by atoms with E-state index in [1.54, 1.807) is 12.1 Å². The van der Waals surface area contributed by atoms with Gasteiger partial charge in [-0.1, -0.05) is 12.1 Å². The molecule has 0 spiro atoms. The third-order valence-corrected chi connectivity index (χ3v) is 5.57. The maximum absolute atomic E-state index is 12.5. The van der Waals surface area contributed by atoms with E-state index >= 15 is 0 Å². The molecular weight excluding hydrogens is 406 g/mol. The number of carbonyl (C=O) groups excluding carboxylic acids is 1. The van der Waals surface area contributed by atoms with Gasteiger partial charge in [0.05, 0.1) is 17.2 Å². The Hall–Kier alpha value is -3.49. The molecule has 1 aromatic carbocycles. The van der Waals surface area contributed by atoms with Crippen LogP contribution in [0.5, 0.6) is 0 Å². The number of hydrogen-bond acceptors (Lipinski definition) is 7. The van der Waals surface area contributed by atoms with Crippen LogP contribution in [-0.4, -0.2) is 51.6 Å². The number of para-hydroxylation sites is 1. The van der Waals surface area contributed by atoms with Crippen LogP contribution in [0.25, 0.3) is 10.9 Å². The quantitative estimate of drug-likeness (QED) is 0.522. The van der Waals surface area contributed by atoms with Gasteiger partial charge in [-0.2, -0.15) is 0 Å². The molecule has 1 amide bonds. The number of amides is 1. The van der Waals surface area contributed by atoms with Gasteiger partial charge < -0.3 is 15.5 Å². The molecule has 1 aliphatic rings. The van der Waals surface area contributed by atoms with Crippen molar-refractivity contribution in [3.63, 3.8) is 0 Å². The summed E-state index contributed by atoms with van der Waals surface area (Å²) in [5.41, 5.74) is 0.529. The maximum Gasteiger partial charge on any atom is 0.261 e. The molecule has 1 fully saturated rings. The Bertz CT molecular complexity index is 1140. The lowest BCUT2D eigenvalue weighted by Crippen LogP contribution is -2.31. The Balaban J connectivity index is 1.24. The monoisotopic (exact) mass is 435 g/mol. The highest BCUT2D eigenvalue weighted by Crippen LogP contribution is 2.20. The summed E-state index contributed by atoms with van der Waals surface area (Å²) in [7, 11) is 0. The topological polar surface area (TPSA) is 105 Å². The minimum absolute atomic E-state index is 0.111. The minimum Gasteiger partial charge on any atom is -0.368 e. The van der Waals surface area contributed by atoms with E-state index in [9.17, 15) is 9.59 Å². The first-order valence-electron chi connectivity index (χ1n) is 11.2. The number of aryl methyl sites for hydroxylation is 2. The predicted molar refractivity (Wildman–Crippen MR) is 125 cm³/mol. The van der Waals surface area contributed by atoms with Crippen molar-refractivity contribution in [2.75, 3.05) is 36.4 Å². The van der Waals surface area contributed by atoms with E-state index in [1.165, 1.54) is 30.2 Å². The van der Waals surface area contributed by atoms with E-state index in [0.29, 0.717) is 30.5 Å². The second-order valence-electron chi connectivity index (χ2n) is 7.99. The van der Waals surface area contributed by atoms with E-state index in [-0.39, 0.29) is 17.9 Å². The van der Waals surface area contributed by atoms with Crippen LogP contribution in [0.3, 0.4) is 0 Å². The summed E-state index contributed by atoms with van der Waals surface area (Å²) in [4.78, 5) is 40.3. The fraction of sp³-hybridized carbons (Fsp3) is 0.435. The van der Waals surface area contributed by atoms with Crippen LogP contribution in [0.15, 0.2) is 41.5 Å². The van der Waals surface area contributed by atoms with Gasteiger partial charge in [0.15, 0.2) is 0 Å². The molecule has 3 heterocycles. The first-order valence-corrected chi connectivity index (χ1v) is 11.2. The molecule has 3 aromatic rings. The van der Waals surface area contributed by atoms with Gasteiger partial charge in [-0.15, -0.1) is 0 Å². The number of nitrogens with one attached hydrogen (secondary N) is 2. The first kappa shape index (κ1) is 21.7. The molecule has 0 saturated carbocycles. The van der Waals surface area contributed by atoms with Crippen LogP contribution >= 0.6 is 0 Å². The number of rotatable bonds is 8. The molecule has 9 heteroatoms. The van der Waals surface area contributed by atoms with Gasteiger partial charge in [0.1, 0.15) is 17.5 Å². The number of fused-ring (bicyclic) bond motifs is 1. The molecule has 2 aromatic heterocycles. The summed E-state index contributed by atoms with van der Waals surface area (Å²) < 4.78 is 1.48. The van der Waals surface area contributed by atoms with E-state index < -0.39 is 0 Å². The highest BCUT2D eigenvalue weighted by molar-refractivity contribution is 5.77. The van der Waals surface area contributed by atoms with E-state index in [4.69, 9.17) is 0 Å². The fourth-order valence-corrected chi connectivity index (χ4v) is 3.90. The zero-order valence-corrected chi connectivity index (χ0v) is 18.4. The van der Waals surface area contributed by atoms with Crippen molar-refractivity contribution >= 4 is 28.4 Å². The SMILES string of the molecule is Cc1nc(NCCNC(=O)CCn2cnc3ccccc3c2=O)cc(N2CCCCC2)n1. The van der Waals surface area contributed by atoms with Gasteiger partial charge in [0, 0.05) is 45.2 Å². The third kappa shape index (κ3) is 5.40. The van der Waals surface area contributed by atoms with E-state index in [2.05, 4.69) is 30.5 Å². The van der Waals surface area contributed by atoms with Crippen molar-refractivity contribution in [1.29, 1.82) is 0 Å². The van der Waals surface area contributed by atoms with E-state index in [1.807, 2.05) is 25.1 Å². The van der Waals surface area contributed by atoms with Crippen molar-refractivity contribution in [1.82, 2.24) is 24.8 Å². The van der Waals surface area contributed by atoms with E-state index in [0.717, 1.165) is 30.5 Å². The Kier molecular flexibility index (Phi) is 6.94. The Morgan fingerprint density at radius 3 is 2.75 bits per heavy atom. The molecule has 0 aliphatic carbocycles. The van der Waals surface area contributed by atoms with Gasteiger partial charge in [-0.25, -0.2) is 15.0 Å². The lowest BCUT2D eigenvalue weighted by Gasteiger charge is -2.28. The van der Waals surface area contributed by atoms with Crippen LogP contribution in [0.2, 0.25) is 0 Å². The lowest BCUT2D eigenvalue weighted by molar-refractivity contribution is -0.121. The standard InChI is InChI=1S/C23H29N7O2/c1-17-27-20(15-21(28-17)29-12-5-2-6-13-29)24-10-11-25-22(31)9-14-30-16-26-19-8-4-3-7-18(19)23(30)32/h3-4,7-8,15-16H,2,5-6,9-14H2,1H3,(H,25,31)(H,24,27,28). The average molecular weight is 436 g/mol. The third-order valence-electron chi connectivity index (χ3n) is 5.57. The second kappa shape index (κ2) is 10.2. The molecule has 1 saturated heterocycles. The van der Waals surface area contributed by atoms with Crippen LogP contribution in [0, 0.1) is 6.92 Å². The molecule has 0 unspecified atom stereocenters. The first-order chi connectivity index (χ1) is 15.6. The van der Waals surface area contributed by atoms with Crippen LogP contribution in [0.4, 0.5) is 11.6 Å². The smallest absolute Gasteiger partial charge is 0.261 e. The molecule has 9 nitrogen and oxygen atoms in total. The van der Waals surface area contributed by atoms with Gasteiger partial charge in [-0.3, -0.25) is 14.2 Å². The van der Waals surface area contributed by atoms with Gasteiger partial charge in [-0.05, 0) is 38.3 Å². The van der Waals surface area contributed by atoms with Gasteiger partial charge >= 0.3 is 0 Å². The number of benzene rings is 1. The molecule has 0 atom stereocenters. The van der Waals surface area contributed by atoms with Crippen molar-refractivity contribution < 1.29 is 4.79 Å². The molecule has 2 N–H and O–H groups in total. The highest BCUT2D eigenvalue weighted by atomic mass is 16.1. The minimum atomic E-state index is -0.131. The molecule has 1 aliphatic heterocycles. The zero-order valence-electron chi connectivity index (χ0n) is 18.4. The Labute approximate surface area is 186 Å². The number of carbonyl (C=O) groups is 1. The summed E-state index contributed by atoms with van der Waals surface area (Å²) in [5, 5.41) is 6.71. The summed E-state index contributed by atoms with van der Waals surface area (Å²) in [6.07, 6.45) is 5.37. The van der Waals surface area contributed by atoms with Gasteiger partial charge in [0.2, 0.25) is 5.91 Å². The molecule has 32 heavy (non-hydrogen) atoms. The lowest BCUT2D eigenvalue weighted by atomic mass is 10.1. The number of nitrogens with zero attached hydrogens (tertiary/aromatic N) is 5. The maximum atomic E-state index is 12.5. The van der Waals surface area contributed by atoms with Crippen LogP contribution in [-0.2, 0) is 11.3 Å². The summed E-state index contributed by atoms with van der Waals surface area (Å²) >= 11 is 0. The number of piperidine rings is 1. The Morgan fingerprint density at radius 2 is 1.91 bits per heavy atom. The van der Waals surface area contributed by atoms with Crippen molar-refractivity contribution in [3.05, 3.63) is 52.8 Å². The largest absolute Gasteiger partial charge is 0.368 e. The van der Waals surface area contributed by atoms with Crippen LogP contribution in [0.1, 0.15) is 31.5 Å². The summed E-state index contributed by atoms with van der Waals surface area (Å²) in [6.45, 7) is 5.26. The zero-order chi connectivity index (χ0) is 22.3. The molecule has 0 radical (unpaired) electrons. The Morgan fingerprint density at radius 1 is 1.09 bits per heavy atom. The second-order valence-corrected chi connectivity index (χ2v) is 7.99. The molecule has 4 rings (SSSR count). The number of hydrogen-bond donors (Lipinski definition) is 2. The number of aromatic nitrogens is 4. The van der Waals surface area contributed by atoms with Crippen molar-refractivity contribution in [3.8, 4) is 0 Å². The van der Waals surface area contributed by atoms with Crippen molar-refractivity contribution in [2.24, 2.45) is 0 Å². The normalized spacial score (nSPS) is 13.8. The average Bonchev–Trinajstić information content (AvgIpc) is 2.82. The van der Waals surface area contributed by atoms with Crippen molar-refractivity contribution in [2.45, 2.75) is 39.2 Å². The van der Waals surface area contributed by atoms with Crippen LogP contribution < -0.4 is 21.1 Å². The highest BCUT2D eigenvalue weighted by Gasteiger charge is 2.14. The van der Waals surface area contributed by atoms with Gasteiger partial charge in [0.25, 0.3) is 5.56 Å². The summed E-state index contributed by atoms with van der Waals surface area (Å²) in [5.74, 6) is 2.34. The molecule has 168 valence electrons. The molecular formula is C23H29N7O2. The number of anilines is 2. The molecule has 0 bridgehead atoms.